The molecule has 0 aliphatic carbocycles. The molecule has 0 nitrogen and oxygen atoms in total. The van der Waals surface area contributed by atoms with Crippen molar-refractivity contribution in [2.75, 3.05) is 0 Å². The Bertz CT molecular complexity index is 64.6. The van der Waals surface area contributed by atoms with Crippen molar-refractivity contribution in [1.29, 1.82) is 0 Å². The molecule has 0 unspecified atom stereocenters. The molecule has 0 atom stereocenters. The zero-order chi connectivity index (χ0) is 5.15. The molecule has 0 bridgehead atoms. The highest BCUT2D eigenvalue weighted by Gasteiger charge is 2.15. The normalized spacial score (nSPS) is 7.83. The van der Waals surface area contributed by atoms with Gasteiger partial charge in [0.1, 0.15) is 0 Å². The molecule has 5 heteroatoms. The van der Waals surface area contributed by atoms with E-state index < -0.39 is 7.27 Å². The highest BCUT2D eigenvalue weighted by molar-refractivity contribution is 14.1. The fourth-order valence-corrected chi connectivity index (χ4v) is 0. The Kier molecular flexibility index (Phi) is 3.20. The van der Waals surface area contributed by atoms with Crippen LogP contribution in [0.25, 0.3) is 0 Å². The van der Waals surface area contributed by atoms with Crippen molar-refractivity contribution in [3.05, 3.63) is 0 Å². The molecule has 0 saturated heterocycles. The fraction of sp³-hybridized carbons (Fsp3) is 0. The van der Waals surface area contributed by atoms with Gasteiger partial charge in [-0.3, -0.25) is 8.63 Å². The first kappa shape index (κ1) is 6.74. The predicted molar refractivity (Wildman–Crippen MR) is 34.6 cm³/mol. The van der Waals surface area contributed by atoms with E-state index >= 15 is 0 Å². The zero-order valence-electron chi connectivity index (χ0n) is 2.62. The SMILES string of the molecule is FB(F)C(=S)I. The van der Waals surface area contributed by atoms with E-state index in [9.17, 15) is 8.63 Å². The molecule has 0 aromatic carbocycles. The minimum Gasteiger partial charge on any atom is -0.280 e. The van der Waals surface area contributed by atoms with Crippen molar-refractivity contribution in [3.63, 3.8) is 0 Å². The molecule has 0 spiro atoms. The van der Waals surface area contributed by atoms with Crippen molar-refractivity contribution in [3.8, 4) is 0 Å². The van der Waals surface area contributed by atoms with Crippen molar-refractivity contribution in [2.45, 2.75) is 0 Å². The van der Waals surface area contributed by atoms with Gasteiger partial charge < -0.3 is 0 Å². The molecule has 6 heavy (non-hydrogen) atoms. The van der Waals surface area contributed by atoms with Crippen molar-refractivity contribution >= 4 is 44.8 Å². The van der Waals surface area contributed by atoms with Crippen LogP contribution in [0.4, 0.5) is 8.63 Å². The van der Waals surface area contributed by atoms with Gasteiger partial charge in [0.2, 0.25) is 0 Å². The van der Waals surface area contributed by atoms with Crippen LogP contribution in [0.15, 0.2) is 0 Å². The summed E-state index contributed by atoms with van der Waals surface area (Å²) in [7, 11) is -2.43. The molecule has 0 saturated carbocycles. The monoisotopic (exact) mass is 220 g/mol. The molecular weight excluding hydrogens is 220 g/mol. The molecule has 0 radical (unpaired) electrons. The molecule has 0 aliphatic rings. The van der Waals surface area contributed by atoms with Gasteiger partial charge in [0.05, 0.1) is 2.77 Å². The first-order valence-electron chi connectivity index (χ1n) is 1.12. The van der Waals surface area contributed by atoms with E-state index in [0.29, 0.717) is 0 Å². The van der Waals surface area contributed by atoms with Gasteiger partial charge in [-0.2, -0.15) is 0 Å². The molecule has 34 valence electrons. The smallest absolute Gasteiger partial charge is 0.280 e. The maximum atomic E-state index is 11.0. The molecule has 0 fully saturated rings. The first-order valence-corrected chi connectivity index (χ1v) is 2.61. The van der Waals surface area contributed by atoms with Crippen molar-refractivity contribution in [1.82, 2.24) is 0 Å². The van der Waals surface area contributed by atoms with Crippen LogP contribution in [0.5, 0.6) is 0 Å². The fourth-order valence-electron chi connectivity index (χ4n) is 0. The van der Waals surface area contributed by atoms with Crippen molar-refractivity contribution in [2.24, 2.45) is 0 Å². The number of hydrogen-bond acceptors (Lipinski definition) is 1. The van der Waals surface area contributed by atoms with Crippen LogP contribution in [-0.2, 0) is 0 Å². The van der Waals surface area contributed by atoms with Crippen LogP contribution in [0, 0.1) is 0 Å². The summed E-state index contributed by atoms with van der Waals surface area (Å²) >= 11 is 5.47. The summed E-state index contributed by atoms with van der Waals surface area (Å²) in [6.45, 7) is 0. The lowest BCUT2D eigenvalue weighted by Gasteiger charge is -1.77. The Morgan fingerprint density at radius 3 is 1.83 bits per heavy atom. The van der Waals surface area contributed by atoms with Crippen molar-refractivity contribution < 1.29 is 8.63 Å². The van der Waals surface area contributed by atoms with Gasteiger partial charge in [-0.25, -0.2) is 0 Å². The Hall–Kier alpha value is 0.745. The van der Waals surface area contributed by atoms with E-state index in [4.69, 9.17) is 0 Å². The second-order valence-corrected chi connectivity index (χ2v) is 2.94. The van der Waals surface area contributed by atoms with Crippen LogP contribution in [0.1, 0.15) is 0 Å². The van der Waals surface area contributed by atoms with Gasteiger partial charge in [-0.1, -0.05) is 12.2 Å². The Labute approximate surface area is 53.6 Å². The second kappa shape index (κ2) is 2.84. The number of halogens is 3. The number of thiocarbonyl (C=S) groups is 1. The molecule has 0 aromatic rings. The van der Waals surface area contributed by atoms with Crippen LogP contribution in [0.3, 0.4) is 0 Å². The Balaban J connectivity index is 3.26. The van der Waals surface area contributed by atoms with Crippen LogP contribution in [0.2, 0.25) is 0 Å². The van der Waals surface area contributed by atoms with Gasteiger partial charge in [0, 0.05) is 0 Å². The third-order valence-electron chi connectivity index (χ3n) is 0.172. The zero-order valence-corrected chi connectivity index (χ0v) is 5.59. The molecule has 0 aliphatic heterocycles. The van der Waals surface area contributed by atoms with E-state index in [-0.39, 0.29) is 2.77 Å². The lowest BCUT2D eigenvalue weighted by molar-refractivity contribution is 0.694. The van der Waals surface area contributed by atoms with E-state index in [1.54, 1.807) is 0 Å². The summed E-state index contributed by atoms with van der Waals surface area (Å²) in [5, 5.41) is 0. The van der Waals surface area contributed by atoms with Crippen LogP contribution >= 0.6 is 34.8 Å². The maximum Gasteiger partial charge on any atom is 0.589 e. The third kappa shape index (κ3) is 2.96. The minimum absolute atomic E-state index is 0.271. The maximum absolute atomic E-state index is 11.0. The Morgan fingerprint density at radius 1 is 1.67 bits per heavy atom. The molecular formula is CBF2IS. The summed E-state index contributed by atoms with van der Waals surface area (Å²) in [4.78, 5) is 0. The molecule has 0 amide bonds. The van der Waals surface area contributed by atoms with Gasteiger partial charge >= 0.3 is 7.27 Å². The average Bonchev–Trinajstić information content (AvgIpc) is 1.36. The molecule has 0 rings (SSSR count). The van der Waals surface area contributed by atoms with Gasteiger partial charge in [0.25, 0.3) is 0 Å². The molecule has 0 N–H and O–H groups in total. The van der Waals surface area contributed by atoms with E-state index in [1.807, 2.05) is 0 Å². The van der Waals surface area contributed by atoms with E-state index in [1.165, 1.54) is 22.6 Å². The topological polar surface area (TPSA) is 0 Å². The van der Waals surface area contributed by atoms with Gasteiger partial charge in [-0.05, 0) is 22.6 Å². The summed E-state index contributed by atoms with van der Waals surface area (Å²) < 4.78 is 21.7. The number of hydrogen-bond donors (Lipinski definition) is 0. The lowest BCUT2D eigenvalue weighted by atomic mass is 10.1. The standard InChI is InChI=1S/CBF2IS/c3-2(4)1(5)6. The highest BCUT2D eigenvalue weighted by atomic mass is 127. The third-order valence-corrected chi connectivity index (χ3v) is 0.821. The summed E-state index contributed by atoms with van der Waals surface area (Å²) in [5.41, 5.74) is 0. The van der Waals surface area contributed by atoms with Gasteiger partial charge in [0.15, 0.2) is 0 Å². The highest BCUT2D eigenvalue weighted by Crippen LogP contribution is 1.97. The summed E-state index contributed by atoms with van der Waals surface area (Å²) in [6, 6.07) is 0. The minimum atomic E-state index is -2.43. The van der Waals surface area contributed by atoms with Crippen LogP contribution < -0.4 is 0 Å². The first-order chi connectivity index (χ1) is 2.64. The average molecular weight is 220 g/mol. The van der Waals surface area contributed by atoms with Crippen LogP contribution in [-0.4, -0.2) is 10.0 Å². The lowest BCUT2D eigenvalue weighted by Crippen LogP contribution is -2.02. The quantitative estimate of drug-likeness (QED) is 0.280. The predicted octanol–water partition coefficient (Wildman–Crippen LogP) is 1.72. The van der Waals surface area contributed by atoms with E-state index in [0.717, 1.165) is 0 Å². The number of rotatable bonds is 1. The summed E-state index contributed by atoms with van der Waals surface area (Å²) in [6.07, 6.45) is 0. The molecule has 0 aromatic heterocycles. The molecule has 0 heterocycles. The van der Waals surface area contributed by atoms with E-state index in [2.05, 4.69) is 12.2 Å². The van der Waals surface area contributed by atoms with Gasteiger partial charge in [-0.15, -0.1) is 0 Å². The second-order valence-electron chi connectivity index (χ2n) is 0.605. The summed E-state index contributed by atoms with van der Waals surface area (Å²) in [5.74, 6) is 0. The largest absolute Gasteiger partial charge is 0.589 e. The Morgan fingerprint density at radius 2 is 1.83 bits per heavy atom.